The second-order valence-electron chi connectivity index (χ2n) is 6.65. The molecule has 150 valence electrons. The minimum absolute atomic E-state index is 0.232. The van der Waals surface area contributed by atoms with E-state index in [1.165, 1.54) is 0 Å². The number of hydrogen-bond donors (Lipinski definition) is 1. The van der Waals surface area contributed by atoms with Gasteiger partial charge in [0.2, 0.25) is 11.1 Å². The number of aromatic nitrogens is 3. The van der Waals surface area contributed by atoms with Crippen LogP contribution in [0.2, 0.25) is 0 Å². The van der Waals surface area contributed by atoms with Crippen LogP contribution in [-0.4, -0.2) is 26.5 Å². The summed E-state index contributed by atoms with van der Waals surface area (Å²) in [5.74, 6) is 1.26. The molecule has 29 heavy (non-hydrogen) atoms. The molecule has 1 N–H and O–H groups in total. The van der Waals surface area contributed by atoms with E-state index in [1.54, 1.807) is 27.8 Å². The third-order valence-electron chi connectivity index (χ3n) is 4.51. The van der Waals surface area contributed by atoms with Crippen LogP contribution in [0.1, 0.15) is 36.8 Å². The molecule has 0 aliphatic carbocycles. The second-order valence-corrected chi connectivity index (χ2v) is 8.70. The number of nitrogens with one attached hydrogen (secondary N) is 1. The Hall–Kier alpha value is -2.58. The van der Waals surface area contributed by atoms with E-state index in [0.29, 0.717) is 16.7 Å². The molecule has 0 spiro atoms. The number of rotatable bonds is 7. The highest BCUT2D eigenvalue weighted by molar-refractivity contribution is 7.99. The van der Waals surface area contributed by atoms with Crippen molar-refractivity contribution >= 4 is 35.0 Å². The van der Waals surface area contributed by atoms with Crippen LogP contribution in [0, 0.1) is 0 Å². The fourth-order valence-corrected chi connectivity index (χ4v) is 4.66. The van der Waals surface area contributed by atoms with E-state index in [9.17, 15) is 4.79 Å². The highest BCUT2D eigenvalue weighted by atomic mass is 32.2. The summed E-state index contributed by atoms with van der Waals surface area (Å²) in [6.07, 6.45) is 1.05. The summed E-state index contributed by atoms with van der Waals surface area (Å²) in [5, 5.41) is 10.6. The van der Waals surface area contributed by atoms with E-state index < -0.39 is 0 Å². The van der Waals surface area contributed by atoms with E-state index in [2.05, 4.69) is 22.3 Å². The highest BCUT2D eigenvalue weighted by Gasteiger charge is 2.35. The van der Waals surface area contributed by atoms with E-state index in [4.69, 9.17) is 4.74 Å². The normalized spacial score (nSPS) is 15.7. The Morgan fingerprint density at radius 1 is 1.28 bits per heavy atom. The lowest BCUT2D eigenvalue weighted by atomic mass is 10.0. The predicted molar refractivity (Wildman–Crippen MR) is 116 cm³/mol. The molecular formula is C21H22N4O2S2. The molecule has 0 radical (unpaired) electrons. The Kier molecular flexibility index (Phi) is 6.01. The average Bonchev–Trinajstić information content (AvgIpc) is 3.40. The van der Waals surface area contributed by atoms with E-state index >= 15 is 0 Å². The third kappa shape index (κ3) is 4.23. The van der Waals surface area contributed by atoms with E-state index in [1.807, 2.05) is 54.8 Å². The van der Waals surface area contributed by atoms with Crippen LogP contribution in [0.4, 0.5) is 5.95 Å². The minimum Gasteiger partial charge on any atom is -0.457 e. The summed E-state index contributed by atoms with van der Waals surface area (Å²) in [7, 11) is 0. The molecule has 1 aromatic carbocycles. The van der Waals surface area contributed by atoms with E-state index in [0.717, 1.165) is 28.3 Å². The predicted octanol–water partition coefficient (Wildman–Crippen LogP) is 4.87. The fourth-order valence-electron chi connectivity index (χ4n) is 3.16. The molecule has 1 aliphatic heterocycles. The molecule has 0 saturated carbocycles. The van der Waals surface area contributed by atoms with Gasteiger partial charge in [0.1, 0.15) is 12.6 Å². The van der Waals surface area contributed by atoms with Gasteiger partial charge in [0.15, 0.2) is 0 Å². The zero-order valence-corrected chi connectivity index (χ0v) is 17.9. The maximum absolute atomic E-state index is 13.1. The zero-order chi connectivity index (χ0) is 20.2. The van der Waals surface area contributed by atoms with Gasteiger partial charge in [-0.15, -0.1) is 16.4 Å². The number of allylic oxidation sites excluding steroid dienone is 1. The second kappa shape index (κ2) is 8.84. The number of ether oxygens (including phenoxy) is 1. The summed E-state index contributed by atoms with van der Waals surface area (Å²) in [4.78, 5) is 18.7. The molecule has 0 saturated heterocycles. The van der Waals surface area contributed by atoms with Crippen molar-refractivity contribution in [1.82, 2.24) is 14.8 Å². The Morgan fingerprint density at radius 2 is 2.10 bits per heavy atom. The van der Waals surface area contributed by atoms with Crippen LogP contribution in [0.25, 0.3) is 0 Å². The van der Waals surface area contributed by atoms with Crippen molar-refractivity contribution in [3.05, 3.63) is 69.6 Å². The van der Waals surface area contributed by atoms with E-state index in [-0.39, 0.29) is 18.6 Å². The smallest absolute Gasteiger partial charge is 0.338 e. The SMILES string of the molecule is CCCSc1nc2n(n1)C(c1cccs1)C(C(=O)OCc1ccccc1)=C(C)N2. The quantitative estimate of drug-likeness (QED) is 0.429. The molecule has 3 heterocycles. The van der Waals surface area contributed by atoms with Crippen molar-refractivity contribution in [2.75, 3.05) is 11.1 Å². The molecule has 0 amide bonds. The fraction of sp³-hybridized carbons (Fsp3) is 0.286. The summed E-state index contributed by atoms with van der Waals surface area (Å²) < 4.78 is 7.46. The van der Waals surface area contributed by atoms with Gasteiger partial charge in [0.05, 0.1) is 5.57 Å². The topological polar surface area (TPSA) is 69.0 Å². The van der Waals surface area contributed by atoms with Gasteiger partial charge in [-0.3, -0.25) is 0 Å². The zero-order valence-electron chi connectivity index (χ0n) is 16.3. The Morgan fingerprint density at radius 3 is 2.83 bits per heavy atom. The van der Waals surface area contributed by atoms with Crippen LogP contribution in [0.15, 0.2) is 64.3 Å². The Bertz CT molecular complexity index is 1010. The molecule has 1 atom stereocenters. The molecular weight excluding hydrogens is 404 g/mol. The van der Waals surface area contributed by atoms with Crippen LogP contribution in [-0.2, 0) is 16.1 Å². The Labute approximate surface area is 178 Å². The molecule has 0 bridgehead atoms. The van der Waals surface area contributed by atoms with Gasteiger partial charge < -0.3 is 10.1 Å². The number of nitrogens with zero attached hydrogens (tertiary/aromatic N) is 3. The number of anilines is 1. The first-order valence-electron chi connectivity index (χ1n) is 9.49. The number of carbonyl (C=O) groups excluding carboxylic acids is 1. The van der Waals surface area contributed by atoms with Gasteiger partial charge in [0.25, 0.3) is 0 Å². The third-order valence-corrected chi connectivity index (χ3v) is 6.48. The lowest BCUT2D eigenvalue weighted by Crippen LogP contribution is -2.29. The summed E-state index contributed by atoms with van der Waals surface area (Å²) in [6.45, 7) is 4.24. The molecule has 0 fully saturated rings. The van der Waals surface area contributed by atoms with Crippen molar-refractivity contribution in [2.24, 2.45) is 0 Å². The molecule has 3 aromatic rings. The van der Waals surface area contributed by atoms with Crippen molar-refractivity contribution in [3.8, 4) is 0 Å². The summed E-state index contributed by atoms with van der Waals surface area (Å²) >= 11 is 3.21. The first kappa shape index (κ1) is 19.7. The number of benzene rings is 1. The molecule has 6 nitrogen and oxygen atoms in total. The first-order valence-corrected chi connectivity index (χ1v) is 11.4. The Balaban J connectivity index is 1.64. The van der Waals surface area contributed by atoms with Crippen molar-refractivity contribution < 1.29 is 9.53 Å². The average molecular weight is 427 g/mol. The van der Waals surface area contributed by atoms with Gasteiger partial charge in [-0.1, -0.05) is 55.1 Å². The number of thiophene rings is 1. The highest BCUT2D eigenvalue weighted by Crippen LogP contribution is 2.38. The van der Waals surface area contributed by atoms with Crippen LogP contribution < -0.4 is 5.32 Å². The first-order chi connectivity index (χ1) is 14.2. The standard InChI is InChI=1S/C21H22N4O2S2/c1-3-11-29-21-23-20-22-14(2)17(18(25(20)24-21)16-10-7-12-28-16)19(26)27-13-15-8-5-4-6-9-15/h4-10,12,18H,3,11,13H2,1-2H3,(H,22,23,24). The number of fused-ring (bicyclic) bond motifs is 1. The minimum atomic E-state index is -0.349. The summed E-state index contributed by atoms with van der Waals surface area (Å²) in [6, 6.07) is 13.3. The lowest BCUT2D eigenvalue weighted by molar-refractivity contribution is -0.140. The molecule has 1 aliphatic rings. The molecule has 8 heteroatoms. The maximum Gasteiger partial charge on any atom is 0.338 e. The van der Waals surface area contributed by atoms with Crippen molar-refractivity contribution in [1.29, 1.82) is 0 Å². The van der Waals surface area contributed by atoms with Crippen molar-refractivity contribution in [2.45, 2.75) is 38.1 Å². The van der Waals surface area contributed by atoms with Gasteiger partial charge in [-0.25, -0.2) is 9.48 Å². The number of esters is 1. The molecule has 2 aromatic heterocycles. The van der Waals surface area contributed by atoms with Crippen LogP contribution >= 0.6 is 23.1 Å². The van der Waals surface area contributed by atoms with Gasteiger partial charge >= 0.3 is 5.97 Å². The largest absolute Gasteiger partial charge is 0.457 e. The maximum atomic E-state index is 13.1. The summed E-state index contributed by atoms with van der Waals surface area (Å²) in [5.41, 5.74) is 2.26. The number of hydrogen-bond acceptors (Lipinski definition) is 7. The molecule has 1 unspecified atom stereocenters. The van der Waals surface area contributed by atoms with Crippen LogP contribution in [0.5, 0.6) is 0 Å². The lowest BCUT2D eigenvalue weighted by Gasteiger charge is -2.27. The number of carbonyl (C=O) groups is 1. The van der Waals surface area contributed by atoms with Gasteiger partial charge in [0, 0.05) is 16.3 Å². The van der Waals surface area contributed by atoms with Crippen molar-refractivity contribution in [3.63, 3.8) is 0 Å². The molecule has 4 rings (SSSR count). The van der Waals surface area contributed by atoms with Crippen LogP contribution in [0.3, 0.4) is 0 Å². The van der Waals surface area contributed by atoms with Gasteiger partial charge in [-0.2, -0.15) is 4.98 Å². The van der Waals surface area contributed by atoms with Gasteiger partial charge in [-0.05, 0) is 30.4 Å². The number of thioether (sulfide) groups is 1. The monoisotopic (exact) mass is 426 g/mol.